The molecule has 0 aliphatic carbocycles. The van der Waals surface area contributed by atoms with E-state index in [0.29, 0.717) is 21.3 Å². The van der Waals surface area contributed by atoms with Crippen molar-refractivity contribution >= 4 is 29.1 Å². The number of nitrogens with zero attached hydrogens (tertiary/aromatic N) is 2. The van der Waals surface area contributed by atoms with Gasteiger partial charge >= 0.3 is 0 Å². The second-order valence-electron chi connectivity index (χ2n) is 5.08. The summed E-state index contributed by atoms with van der Waals surface area (Å²) < 4.78 is 1.38. The van der Waals surface area contributed by atoms with Gasteiger partial charge in [0.2, 0.25) is 0 Å². The van der Waals surface area contributed by atoms with Gasteiger partial charge in [0.15, 0.2) is 11.4 Å². The van der Waals surface area contributed by atoms with Crippen molar-refractivity contribution in [1.82, 2.24) is 15.1 Å². The van der Waals surface area contributed by atoms with Gasteiger partial charge in [-0.15, -0.1) is 0 Å². The Morgan fingerprint density at radius 3 is 2.44 bits per heavy atom. The molecule has 0 aliphatic rings. The molecule has 0 fully saturated rings. The van der Waals surface area contributed by atoms with Crippen molar-refractivity contribution in [2.24, 2.45) is 0 Å². The number of aliphatic hydroxyl groups excluding tert-OH is 1. The van der Waals surface area contributed by atoms with Gasteiger partial charge in [-0.3, -0.25) is 4.79 Å². The van der Waals surface area contributed by atoms with Crippen molar-refractivity contribution in [3.05, 3.63) is 64.3 Å². The van der Waals surface area contributed by atoms with Gasteiger partial charge in [0.25, 0.3) is 5.91 Å². The fourth-order valence-electron chi connectivity index (χ4n) is 2.38. The van der Waals surface area contributed by atoms with Gasteiger partial charge in [-0.25, -0.2) is 4.68 Å². The molecule has 0 bridgehead atoms. The molecule has 3 aromatic rings. The predicted molar refractivity (Wildman–Crippen MR) is 95.2 cm³/mol. The van der Waals surface area contributed by atoms with E-state index in [1.807, 2.05) is 0 Å². The van der Waals surface area contributed by atoms with Crippen LogP contribution in [0.4, 0.5) is 0 Å². The number of aliphatic hydroxyl groups is 1. The molecule has 1 heterocycles. The lowest BCUT2D eigenvalue weighted by molar-refractivity contribution is 0.0902. The molecule has 3 N–H and O–H groups in total. The smallest absolute Gasteiger partial charge is 0.277 e. The summed E-state index contributed by atoms with van der Waals surface area (Å²) in [4.78, 5) is 12.1. The van der Waals surface area contributed by atoms with Crippen LogP contribution in [0.5, 0.6) is 5.75 Å². The van der Waals surface area contributed by atoms with Crippen molar-refractivity contribution in [3.8, 4) is 22.7 Å². The van der Waals surface area contributed by atoms with Gasteiger partial charge in [-0.05, 0) is 24.3 Å². The van der Waals surface area contributed by atoms with E-state index in [1.54, 1.807) is 48.5 Å². The molecule has 6 nitrogen and oxygen atoms in total. The normalized spacial score (nSPS) is 10.7. The Balaban J connectivity index is 2.25. The minimum absolute atomic E-state index is 0.223. The highest BCUT2D eigenvalue weighted by molar-refractivity contribution is 6.32. The van der Waals surface area contributed by atoms with Gasteiger partial charge in [-0.1, -0.05) is 47.5 Å². The third-order valence-electron chi connectivity index (χ3n) is 3.51. The number of hydrogen-bond acceptors (Lipinski definition) is 4. The SMILES string of the molecule is O=C(NCO)c1nn(-c2ccccc2Cl)c(-c2ccc(Cl)cc2)c1O. The Morgan fingerprint density at radius 2 is 1.80 bits per heavy atom. The van der Waals surface area contributed by atoms with Crippen molar-refractivity contribution in [1.29, 1.82) is 0 Å². The average Bonchev–Trinajstić information content (AvgIpc) is 2.94. The number of carbonyl (C=O) groups is 1. The molecule has 128 valence electrons. The highest BCUT2D eigenvalue weighted by Gasteiger charge is 2.25. The van der Waals surface area contributed by atoms with Crippen LogP contribution in [-0.2, 0) is 0 Å². The third kappa shape index (κ3) is 3.32. The maximum Gasteiger partial charge on any atom is 0.277 e. The lowest BCUT2D eigenvalue weighted by atomic mass is 10.1. The number of hydrogen-bond donors (Lipinski definition) is 3. The molecule has 0 atom stereocenters. The van der Waals surface area contributed by atoms with E-state index in [2.05, 4.69) is 10.4 Å². The monoisotopic (exact) mass is 377 g/mol. The maximum absolute atomic E-state index is 12.1. The molecule has 0 unspecified atom stereocenters. The lowest BCUT2D eigenvalue weighted by Gasteiger charge is -2.09. The predicted octanol–water partition coefficient (Wildman–Crippen LogP) is 3.23. The van der Waals surface area contributed by atoms with Crippen LogP contribution in [0.1, 0.15) is 10.5 Å². The van der Waals surface area contributed by atoms with Crippen LogP contribution in [0.15, 0.2) is 48.5 Å². The minimum atomic E-state index is -0.707. The van der Waals surface area contributed by atoms with Gasteiger partial charge in [0.1, 0.15) is 12.4 Å². The van der Waals surface area contributed by atoms with Gasteiger partial charge < -0.3 is 15.5 Å². The first kappa shape index (κ1) is 17.3. The van der Waals surface area contributed by atoms with Gasteiger partial charge in [-0.2, -0.15) is 5.10 Å². The van der Waals surface area contributed by atoms with E-state index in [0.717, 1.165) is 0 Å². The second-order valence-corrected chi connectivity index (χ2v) is 5.92. The zero-order valence-corrected chi connectivity index (χ0v) is 14.3. The van der Waals surface area contributed by atoms with Crippen molar-refractivity contribution in [2.75, 3.05) is 6.73 Å². The summed E-state index contributed by atoms with van der Waals surface area (Å²) in [5.41, 5.74) is 1.15. The molecule has 0 saturated heterocycles. The van der Waals surface area contributed by atoms with Crippen LogP contribution in [0.25, 0.3) is 16.9 Å². The van der Waals surface area contributed by atoms with E-state index < -0.39 is 12.6 Å². The van der Waals surface area contributed by atoms with E-state index in [-0.39, 0.29) is 17.1 Å². The Morgan fingerprint density at radius 1 is 1.12 bits per heavy atom. The molecule has 1 amide bonds. The number of halogens is 2. The largest absolute Gasteiger partial charge is 0.504 e. The quantitative estimate of drug-likeness (QED) is 0.609. The first-order chi connectivity index (χ1) is 12.0. The molecule has 3 rings (SSSR count). The van der Waals surface area contributed by atoms with E-state index in [1.165, 1.54) is 4.68 Å². The fourth-order valence-corrected chi connectivity index (χ4v) is 2.72. The standard InChI is InChI=1S/C17H13Cl2N3O3/c18-11-7-5-10(6-8-11)15-16(24)14(17(25)20-9-23)21-22(15)13-4-2-1-3-12(13)19/h1-8,23-24H,9H2,(H,20,25). The summed E-state index contributed by atoms with van der Waals surface area (Å²) in [5.74, 6) is -1.03. The fraction of sp³-hybridized carbons (Fsp3) is 0.0588. The topological polar surface area (TPSA) is 87.4 Å². The molecule has 0 aliphatic heterocycles. The van der Waals surface area contributed by atoms with Gasteiger partial charge in [0, 0.05) is 10.6 Å². The van der Waals surface area contributed by atoms with Gasteiger partial charge in [0.05, 0.1) is 10.7 Å². The van der Waals surface area contributed by atoms with E-state index >= 15 is 0 Å². The van der Waals surface area contributed by atoms with Crippen molar-refractivity contribution in [2.45, 2.75) is 0 Å². The van der Waals surface area contributed by atoms with Crippen LogP contribution in [0.2, 0.25) is 10.0 Å². The summed E-state index contributed by atoms with van der Waals surface area (Å²) in [6.45, 7) is -0.576. The van der Waals surface area contributed by atoms with Crippen LogP contribution in [0, 0.1) is 0 Å². The van der Waals surface area contributed by atoms with Crippen LogP contribution >= 0.6 is 23.2 Å². The van der Waals surface area contributed by atoms with Crippen LogP contribution in [-0.4, -0.2) is 32.6 Å². The average molecular weight is 378 g/mol. The summed E-state index contributed by atoms with van der Waals surface area (Å²) >= 11 is 12.2. The number of amides is 1. The minimum Gasteiger partial charge on any atom is -0.504 e. The molecule has 25 heavy (non-hydrogen) atoms. The second kappa shape index (κ2) is 7.14. The Hall–Kier alpha value is -2.54. The molecule has 1 aromatic heterocycles. The molecule has 0 saturated carbocycles. The highest BCUT2D eigenvalue weighted by atomic mass is 35.5. The highest BCUT2D eigenvalue weighted by Crippen LogP contribution is 2.36. The maximum atomic E-state index is 12.1. The van der Waals surface area contributed by atoms with Crippen molar-refractivity contribution < 1.29 is 15.0 Å². The van der Waals surface area contributed by atoms with E-state index in [4.69, 9.17) is 28.3 Å². The number of nitrogens with one attached hydrogen (secondary N) is 1. The summed E-state index contributed by atoms with van der Waals surface area (Å²) in [6.07, 6.45) is 0. The molecule has 2 aromatic carbocycles. The zero-order valence-electron chi connectivity index (χ0n) is 12.8. The summed E-state index contributed by atoms with van der Waals surface area (Å²) in [6, 6.07) is 13.6. The Kier molecular flexibility index (Phi) is 4.94. The number of aromatic hydroxyl groups is 1. The molecular weight excluding hydrogens is 365 g/mol. The number of aromatic nitrogens is 2. The van der Waals surface area contributed by atoms with E-state index in [9.17, 15) is 9.90 Å². The first-order valence-electron chi connectivity index (χ1n) is 7.25. The zero-order chi connectivity index (χ0) is 18.0. The van der Waals surface area contributed by atoms with Crippen molar-refractivity contribution in [3.63, 3.8) is 0 Å². The summed E-state index contributed by atoms with van der Waals surface area (Å²) in [5, 5.41) is 26.8. The van der Waals surface area contributed by atoms with Crippen LogP contribution < -0.4 is 5.32 Å². The Labute approximate surface area is 153 Å². The number of carbonyl (C=O) groups excluding carboxylic acids is 1. The molecular formula is C17H13Cl2N3O3. The number of para-hydroxylation sites is 1. The number of rotatable bonds is 4. The molecule has 0 spiro atoms. The first-order valence-corrected chi connectivity index (χ1v) is 8.00. The Bertz CT molecular complexity index is 923. The van der Waals surface area contributed by atoms with Crippen LogP contribution in [0.3, 0.4) is 0 Å². The molecule has 8 heteroatoms. The third-order valence-corrected chi connectivity index (χ3v) is 4.08. The summed E-state index contributed by atoms with van der Waals surface area (Å²) in [7, 11) is 0. The molecule has 0 radical (unpaired) electrons. The lowest BCUT2D eigenvalue weighted by Crippen LogP contribution is -2.24. The number of benzene rings is 2.